The van der Waals surface area contributed by atoms with Crippen molar-refractivity contribution in [1.29, 1.82) is 0 Å². The summed E-state index contributed by atoms with van der Waals surface area (Å²) < 4.78 is 68.2. The van der Waals surface area contributed by atoms with E-state index < -0.39 is 32.4 Å². The Labute approximate surface area is 241 Å². The average Bonchev–Trinajstić information content (AvgIpc) is 3.14. The van der Waals surface area contributed by atoms with Gasteiger partial charge >= 0.3 is 21.6 Å². The zero-order valence-corrected chi connectivity index (χ0v) is 25.9. The summed E-state index contributed by atoms with van der Waals surface area (Å²) in [6, 6.07) is 0. The number of hydrogen-bond donors (Lipinski definition) is 1. The van der Waals surface area contributed by atoms with Crippen molar-refractivity contribution in [2.24, 2.45) is 50.7 Å². The van der Waals surface area contributed by atoms with E-state index in [-0.39, 0.29) is 57.9 Å². The van der Waals surface area contributed by atoms with Crippen LogP contribution in [0.4, 0.5) is 13.2 Å². The Morgan fingerprint density at radius 1 is 1.00 bits per heavy atom. The van der Waals surface area contributed by atoms with Gasteiger partial charge in [0.05, 0.1) is 5.41 Å². The number of carboxylic acids is 1. The Hall–Kier alpha value is -1.84. The van der Waals surface area contributed by atoms with E-state index in [0.29, 0.717) is 31.3 Å². The number of aliphatic carboxylic acids is 1. The lowest BCUT2D eigenvalue weighted by Crippen LogP contribution is -2.64. The Kier molecular flexibility index (Phi) is 6.61. The van der Waals surface area contributed by atoms with Crippen molar-refractivity contribution in [2.45, 2.75) is 105 Å². The second-order valence-electron chi connectivity index (χ2n) is 15.1. The van der Waals surface area contributed by atoms with Crippen LogP contribution in [0.1, 0.15) is 99.8 Å². The molecule has 5 aliphatic rings. The first-order valence-electron chi connectivity index (χ1n) is 14.8. The number of hydrogen-bond acceptors (Lipinski definition) is 5. The van der Waals surface area contributed by atoms with Crippen molar-refractivity contribution in [1.82, 2.24) is 0 Å². The molecule has 0 aromatic carbocycles. The summed E-state index contributed by atoms with van der Waals surface area (Å²) in [7, 11) is -5.77. The van der Waals surface area contributed by atoms with Crippen LogP contribution in [0.2, 0.25) is 0 Å². The number of rotatable bonds is 4. The maximum absolute atomic E-state index is 13.3. The van der Waals surface area contributed by atoms with Gasteiger partial charge in [-0.3, -0.25) is 9.59 Å². The van der Waals surface area contributed by atoms with Gasteiger partial charge in [-0.15, -0.1) is 0 Å². The molecule has 10 heteroatoms. The third-order valence-corrected chi connectivity index (χ3v) is 13.8. The van der Waals surface area contributed by atoms with E-state index in [4.69, 9.17) is 4.18 Å². The van der Waals surface area contributed by atoms with Gasteiger partial charge in [0.1, 0.15) is 5.76 Å². The van der Waals surface area contributed by atoms with Crippen molar-refractivity contribution in [3.05, 3.63) is 23.0 Å². The quantitative estimate of drug-likeness (QED) is 0.267. The Bertz CT molecular complexity index is 1360. The van der Waals surface area contributed by atoms with Crippen molar-refractivity contribution < 1.29 is 40.5 Å². The first-order chi connectivity index (χ1) is 18.6. The van der Waals surface area contributed by atoms with Gasteiger partial charge < -0.3 is 9.29 Å². The Morgan fingerprint density at radius 3 is 2.20 bits per heavy atom. The molecule has 0 aromatic rings. The molecular formula is C31H43F3O6S. The van der Waals surface area contributed by atoms with Gasteiger partial charge in [0, 0.05) is 11.8 Å². The predicted octanol–water partition coefficient (Wildman–Crippen LogP) is 7.41. The summed E-state index contributed by atoms with van der Waals surface area (Å²) in [5.41, 5.74) is -6.76. The van der Waals surface area contributed by atoms with E-state index in [0.717, 1.165) is 24.8 Å². The molecule has 3 saturated carbocycles. The molecule has 0 aliphatic heterocycles. The summed E-state index contributed by atoms with van der Waals surface area (Å²) in [6.07, 6.45) is 6.15. The van der Waals surface area contributed by atoms with Crippen LogP contribution in [0.15, 0.2) is 23.0 Å². The van der Waals surface area contributed by atoms with Crippen LogP contribution in [0.3, 0.4) is 0 Å². The number of alkyl halides is 3. The first kappa shape index (κ1) is 30.6. The van der Waals surface area contributed by atoms with Crippen LogP contribution in [-0.2, 0) is 23.9 Å². The normalized spacial score (nSPS) is 42.2. The van der Waals surface area contributed by atoms with Gasteiger partial charge in [-0.25, -0.2) is 0 Å². The number of allylic oxidation sites excluding steroid dienone is 3. The van der Waals surface area contributed by atoms with Crippen molar-refractivity contribution in [2.75, 3.05) is 0 Å². The van der Waals surface area contributed by atoms with Crippen molar-refractivity contribution in [3.63, 3.8) is 0 Å². The van der Waals surface area contributed by atoms with Crippen molar-refractivity contribution in [3.8, 4) is 0 Å². The lowest BCUT2D eigenvalue weighted by Gasteiger charge is -2.71. The standard InChI is InChI=1S/C31H43F3O6S/c1-17(2)23-19(35)16-30(25(36)37)15-14-28(6)18(24(23)30)8-9-21-27(5)12-11-22(40-41(38,39)31(32,33)34)26(3,4)20(27)10-13-29(21,28)7/h11,17-18,20-21H,8-10,12-16H2,1-7H3,(H,36,37). The number of halogens is 3. The highest BCUT2D eigenvalue weighted by atomic mass is 32.2. The van der Waals surface area contributed by atoms with Crippen LogP contribution in [-0.4, -0.2) is 30.8 Å². The van der Waals surface area contributed by atoms with E-state index in [2.05, 4.69) is 20.8 Å². The topological polar surface area (TPSA) is 97.7 Å². The van der Waals surface area contributed by atoms with Gasteiger partial charge in [-0.2, -0.15) is 21.6 Å². The van der Waals surface area contributed by atoms with E-state index in [1.807, 2.05) is 13.8 Å². The number of fused-ring (bicyclic) bond motifs is 7. The molecule has 0 bridgehead atoms. The SMILES string of the molecule is CC(C)C1=C2C3CCC4C5(C)CC=C(OS(=O)(=O)C(F)(F)F)C(C)(C)C5CCC4(C)C3(C)CCC2(C(=O)O)CC1=O. The van der Waals surface area contributed by atoms with Crippen LogP contribution >= 0.6 is 0 Å². The number of carbonyl (C=O) groups is 2. The fourth-order valence-corrected chi connectivity index (χ4v) is 11.4. The molecular weight excluding hydrogens is 557 g/mol. The molecule has 1 N–H and O–H groups in total. The van der Waals surface area contributed by atoms with Crippen LogP contribution < -0.4 is 0 Å². The molecule has 230 valence electrons. The molecule has 0 aromatic heterocycles. The second kappa shape index (κ2) is 8.85. The third kappa shape index (κ3) is 3.83. The Balaban J connectivity index is 1.56. The first-order valence-corrected chi connectivity index (χ1v) is 16.2. The summed E-state index contributed by atoms with van der Waals surface area (Å²) in [4.78, 5) is 26.1. The number of carboxylic acid groups (broad SMARTS) is 1. The smallest absolute Gasteiger partial charge is 0.481 e. The highest BCUT2D eigenvalue weighted by Crippen LogP contribution is 2.76. The van der Waals surface area contributed by atoms with E-state index in [1.54, 1.807) is 19.9 Å². The molecule has 5 rings (SSSR count). The summed E-state index contributed by atoms with van der Waals surface area (Å²) >= 11 is 0. The molecule has 0 radical (unpaired) electrons. The highest BCUT2D eigenvalue weighted by molar-refractivity contribution is 7.87. The average molecular weight is 601 g/mol. The number of Topliss-reactive ketones (excluding diaryl/α,β-unsaturated/α-hetero) is 1. The van der Waals surface area contributed by atoms with Gasteiger partial charge in [-0.05, 0) is 102 Å². The van der Waals surface area contributed by atoms with E-state index >= 15 is 0 Å². The molecule has 7 atom stereocenters. The number of carbonyl (C=O) groups excluding carboxylic acids is 1. The maximum Gasteiger partial charge on any atom is 0.534 e. The fraction of sp³-hybridized carbons (Fsp3) is 0.806. The summed E-state index contributed by atoms with van der Waals surface area (Å²) in [5, 5.41) is 10.5. The van der Waals surface area contributed by atoms with Crippen LogP contribution in [0.5, 0.6) is 0 Å². The van der Waals surface area contributed by atoms with E-state index in [9.17, 15) is 36.3 Å². The minimum absolute atomic E-state index is 0.0273. The van der Waals surface area contributed by atoms with Gasteiger partial charge in [0.25, 0.3) is 0 Å². The predicted molar refractivity (Wildman–Crippen MR) is 147 cm³/mol. The second-order valence-corrected chi connectivity index (χ2v) is 16.6. The molecule has 0 heterocycles. The molecule has 6 nitrogen and oxygen atoms in total. The number of ketones is 1. The zero-order valence-electron chi connectivity index (χ0n) is 25.1. The lowest BCUT2D eigenvalue weighted by molar-refractivity contribution is -0.203. The lowest BCUT2D eigenvalue weighted by atomic mass is 9.33. The maximum atomic E-state index is 13.3. The molecule has 5 aliphatic carbocycles. The van der Waals surface area contributed by atoms with Gasteiger partial charge in [0.15, 0.2) is 5.78 Å². The van der Waals surface area contributed by atoms with Crippen molar-refractivity contribution >= 4 is 21.9 Å². The third-order valence-electron chi connectivity index (χ3n) is 12.8. The molecule has 0 amide bonds. The fourth-order valence-electron chi connectivity index (χ4n) is 10.8. The minimum Gasteiger partial charge on any atom is -0.481 e. The zero-order chi connectivity index (χ0) is 30.8. The van der Waals surface area contributed by atoms with Crippen LogP contribution in [0.25, 0.3) is 0 Å². The Morgan fingerprint density at radius 2 is 1.63 bits per heavy atom. The van der Waals surface area contributed by atoms with E-state index in [1.165, 1.54) is 0 Å². The van der Waals surface area contributed by atoms with Crippen LogP contribution in [0, 0.1) is 50.7 Å². The molecule has 0 spiro atoms. The molecule has 7 unspecified atom stereocenters. The largest absolute Gasteiger partial charge is 0.534 e. The minimum atomic E-state index is -5.77. The molecule has 41 heavy (non-hydrogen) atoms. The summed E-state index contributed by atoms with van der Waals surface area (Å²) in [5.74, 6) is -1.08. The summed E-state index contributed by atoms with van der Waals surface area (Å²) in [6.45, 7) is 14.3. The molecule has 3 fully saturated rings. The van der Waals surface area contributed by atoms with Gasteiger partial charge in [-0.1, -0.05) is 48.5 Å². The highest BCUT2D eigenvalue weighted by Gasteiger charge is 2.71. The monoisotopic (exact) mass is 600 g/mol. The molecule has 0 saturated heterocycles. The van der Waals surface area contributed by atoms with Gasteiger partial charge in [0.2, 0.25) is 0 Å².